The molecule has 3 aromatic rings. The number of rotatable bonds is 5. The van der Waals surface area contributed by atoms with Gasteiger partial charge in [0.15, 0.2) is 11.5 Å². The third kappa shape index (κ3) is 4.24. The van der Waals surface area contributed by atoms with E-state index < -0.39 is 0 Å². The summed E-state index contributed by atoms with van der Waals surface area (Å²) >= 11 is 5.85. The summed E-state index contributed by atoms with van der Waals surface area (Å²) in [6.45, 7) is 0. The number of hydrogen-bond acceptors (Lipinski definition) is 5. The predicted molar refractivity (Wildman–Crippen MR) is 97.7 cm³/mol. The van der Waals surface area contributed by atoms with E-state index in [1.807, 2.05) is 24.3 Å². The number of amides is 1. The summed E-state index contributed by atoms with van der Waals surface area (Å²) in [5.74, 6) is 0.732. The number of nitrogens with zero attached hydrogens (tertiary/aromatic N) is 2. The first-order chi connectivity index (χ1) is 12.2. The van der Waals surface area contributed by atoms with E-state index in [9.17, 15) is 4.79 Å². The van der Waals surface area contributed by atoms with Crippen LogP contribution in [0, 0.1) is 0 Å². The van der Waals surface area contributed by atoms with Gasteiger partial charge in [-0.05, 0) is 48.5 Å². The molecule has 1 aromatic heterocycles. The van der Waals surface area contributed by atoms with Gasteiger partial charge >= 0.3 is 0 Å². The number of carbonyl (C=O) groups excluding carboxylic acids is 1. The van der Waals surface area contributed by atoms with Crippen LogP contribution in [-0.4, -0.2) is 23.2 Å². The standard InChI is InChI=1S/C18H15ClN4O2/c1-25-16-5-3-2-4-14(16)21-18(24)15-10-11-17(23-22-15)20-13-8-6-12(19)7-9-13/h2-11H,1H3,(H,20,23)(H,21,24). The minimum atomic E-state index is -0.366. The first kappa shape index (κ1) is 16.7. The Hall–Kier alpha value is -3.12. The molecule has 1 amide bonds. The lowest BCUT2D eigenvalue weighted by molar-refractivity contribution is 0.102. The molecule has 0 bridgehead atoms. The Balaban J connectivity index is 1.69. The normalized spacial score (nSPS) is 10.2. The molecule has 0 radical (unpaired) electrons. The Morgan fingerprint density at radius 1 is 1.00 bits per heavy atom. The Kier molecular flexibility index (Phi) is 5.11. The molecule has 0 atom stereocenters. The Labute approximate surface area is 149 Å². The van der Waals surface area contributed by atoms with Gasteiger partial charge in [0.2, 0.25) is 0 Å². The Morgan fingerprint density at radius 2 is 1.76 bits per heavy atom. The molecular weight excluding hydrogens is 340 g/mol. The van der Waals surface area contributed by atoms with Crippen molar-refractivity contribution in [3.63, 3.8) is 0 Å². The van der Waals surface area contributed by atoms with Crippen molar-refractivity contribution in [2.24, 2.45) is 0 Å². The second-order valence-corrected chi connectivity index (χ2v) is 5.53. The highest BCUT2D eigenvalue weighted by atomic mass is 35.5. The zero-order valence-corrected chi connectivity index (χ0v) is 14.1. The molecule has 6 nitrogen and oxygen atoms in total. The fourth-order valence-electron chi connectivity index (χ4n) is 2.14. The largest absolute Gasteiger partial charge is 0.495 e. The average Bonchev–Trinajstić information content (AvgIpc) is 2.64. The second-order valence-electron chi connectivity index (χ2n) is 5.09. The molecule has 0 fully saturated rings. The molecular formula is C18H15ClN4O2. The minimum Gasteiger partial charge on any atom is -0.495 e. The van der Waals surface area contributed by atoms with E-state index in [1.165, 1.54) is 0 Å². The molecule has 2 N–H and O–H groups in total. The lowest BCUT2D eigenvalue weighted by Gasteiger charge is -2.09. The maximum atomic E-state index is 12.3. The molecule has 3 rings (SSSR count). The predicted octanol–water partition coefficient (Wildman–Crippen LogP) is 4.13. The molecule has 0 aliphatic carbocycles. The fraction of sp³-hybridized carbons (Fsp3) is 0.0556. The zero-order valence-electron chi connectivity index (χ0n) is 13.4. The van der Waals surface area contributed by atoms with Gasteiger partial charge < -0.3 is 15.4 Å². The zero-order chi connectivity index (χ0) is 17.6. The van der Waals surface area contributed by atoms with Crippen LogP contribution in [0.2, 0.25) is 5.02 Å². The quantitative estimate of drug-likeness (QED) is 0.720. The second kappa shape index (κ2) is 7.63. The van der Waals surface area contributed by atoms with Crippen LogP contribution >= 0.6 is 11.6 Å². The highest BCUT2D eigenvalue weighted by Crippen LogP contribution is 2.23. The van der Waals surface area contributed by atoms with Gasteiger partial charge in [-0.1, -0.05) is 23.7 Å². The molecule has 7 heteroatoms. The van der Waals surface area contributed by atoms with Gasteiger partial charge in [-0.3, -0.25) is 4.79 Å². The van der Waals surface area contributed by atoms with Crippen molar-refractivity contribution in [2.75, 3.05) is 17.7 Å². The monoisotopic (exact) mass is 354 g/mol. The van der Waals surface area contributed by atoms with Crippen LogP contribution in [0.4, 0.5) is 17.2 Å². The minimum absolute atomic E-state index is 0.201. The number of anilines is 3. The van der Waals surface area contributed by atoms with Crippen LogP contribution in [0.3, 0.4) is 0 Å². The van der Waals surface area contributed by atoms with Crippen LogP contribution in [0.25, 0.3) is 0 Å². The molecule has 0 spiro atoms. The van der Waals surface area contributed by atoms with Crippen LogP contribution < -0.4 is 15.4 Å². The van der Waals surface area contributed by atoms with E-state index in [4.69, 9.17) is 16.3 Å². The molecule has 0 aliphatic rings. The molecule has 126 valence electrons. The summed E-state index contributed by atoms with van der Waals surface area (Å²) < 4.78 is 5.21. The van der Waals surface area contributed by atoms with E-state index in [0.29, 0.717) is 22.3 Å². The molecule has 1 heterocycles. The lowest BCUT2D eigenvalue weighted by atomic mass is 10.2. The molecule has 0 unspecified atom stereocenters. The van der Waals surface area contributed by atoms with Crippen LogP contribution in [0.5, 0.6) is 5.75 Å². The van der Waals surface area contributed by atoms with Crippen molar-refractivity contribution in [1.82, 2.24) is 10.2 Å². The van der Waals surface area contributed by atoms with Crippen molar-refractivity contribution in [3.05, 3.63) is 71.4 Å². The maximum Gasteiger partial charge on any atom is 0.276 e. The maximum absolute atomic E-state index is 12.3. The smallest absolute Gasteiger partial charge is 0.276 e. The van der Waals surface area contributed by atoms with Crippen molar-refractivity contribution in [1.29, 1.82) is 0 Å². The molecule has 0 aliphatic heterocycles. The highest BCUT2D eigenvalue weighted by molar-refractivity contribution is 6.30. The number of methoxy groups -OCH3 is 1. The van der Waals surface area contributed by atoms with E-state index in [0.717, 1.165) is 5.69 Å². The highest BCUT2D eigenvalue weighted by Gasteiger charge is 2.11. The topological polar surface area (TPSA) is 76.1 Å². The number of aromatic nitrogens is 2. The van der Waals surface area contributed by atoms with Crippen molar-refractivity contribution >= 4 is 34.7 Å². The molecule has 25 heavy (non-hydrogen) atoms. The number of para-hydroxylation sites is 2. The van der Waals surface area contributed by atoms with Gasteiger partial charge in [-0.15, -0.1) is 10.2 Å². The summed E-state index contributed by atoms with van der Waals surface area (Å²) in [6, 6.07) is 17.6. The third-order valence-electron chi connectivity index (χ3n) is 3.37. The Bertz CT molecular complexity index is 867. The fourth-order valence-corrected chi connectivity index (χ4v) is 2.26. The van der Waals surface area contributed by atoms with E-state index >= 15 is 0 Å². The summed E-state index contributed by atoms with van der Waals surface area (Å²) in [4.78, 5) is 12.3. The van der Waals surface area contributed by atoms with E-state index in [-0.39, 0.29) is 11.6 Å². The van der Waals surface area contributed by atoms with Crippen molar-refractivity contribution < 1.29 is 9.53 Å². The number of carbonyl (C=O) groups is 1. The van der Waals surface area contributed by atoms with E-state index in [1.54, 1.807) is 43.5 Å². The number of ether oxygens (including phenoxy) is 1. The van der Waals surface area contributed by atoms with Gasteiger partial charge in [0.1, 0.15) is 5.75 Å². The van der Waals surface area contributed by atoms with Gasteiger partial charge in [0.05, 0.1) is 12.8 Å². The van der Waals surface area contributed by atoms with Gasteiger partial charge in [0, 0.05) is 10.7 Å². The van der Waals surface area contributed by atoms with Gasteiger partial charge in [-0.2, -0.15) is 0 Å². The average molecular weight is 355 g/mol. The van der Waals surface area contributed by atoms with Crippen molar-refractivity contribution in [2.45, 2.75) is 0 Å². The number of hydrogen-bond donors (Lipinski definition) is 2. The van der Waals surface area contributed by atoms with Crippen LogP contribution in [0.15, 0.2) is 60.7 Å². The van der Waals surface area contributed by atoms with Crippen LogP contribution in [0.1, 0.15) is 10.5 Å². The van der Waals surface area contributed by atoms with Gasteiger partial charge in [0.25, 0.3) is 5.91 Å². The van der Waals surface area contributed by atoms with Crippen LogP contribution in [-0.2, 0) is 0 Å². The number of benzene rings is 2. The number of halogens is 1. The number of nitrogens with one attached hydrogen (secondary N) is 2. The Morgan fingerprint density at radius 3 is 2.44 bits per heavy atom. The molecule has 2 aromatic carbocycles. The van der Waals surface area contributed by atoms with Crippen molar-refractivity contribution in [3.8, 4) is 5.75 Å². The van der Waals surface area contributed by atoms with E-state index in [2.05, 4.69) is 20.8 Å². The summed E-state index contributed by atoms with van der Waals surface area (Å²) in [6.07, 6.45) is 0. The first-order valence-corrected chi connectivity index (χ1v) is 7.84. The lowest BCUT2D eigenvalue weighted by Crippen LogP contribution is -2.15. The SMILES string of the molecule is COc1ccccc1NC(=O)c1ccc(Nc2ccc(Cl)cc2)nn1. The molecule has 0 saturated carbocycles. The third-order valence-corrected chi connectivity index (χ3v) is 3.62. The molecule has 0 saturated heterocycles. The van der Waals surface area contributed by atoms with Gasteiger partial charge in [-0.25, -0.2) is 0 Å². The summed E-state index contributed by atoms with van der Waals surface area (Å²) in [5.41, 5.74) is 1.60. The summed E-state index contributed by atoms with van der Waals surface area (Å²) in [7, 11) is 1.54. The summed E-state index contributed by atoms with van der Waals surface area (Å²) in [5, 5.41) is 14.5. The first-order valence-electron chi connectivity index (χ1n) is 7.46.